The normalized spacial score (nSPS) is 10.9. The Morgan fingerprint density at radius 1 is 1.75 bits per heavy atom. The minimum atomic E-state index is -0.304. The number of ether oxygens (including phenoxy) is 1. The van der Waals surface area contributed by atoms with Gasteiger partial charge in [-0.15, -0.1) is 11.6 Å². The van der Waals surface area contributed by atoms with Crippen molar-refractivity contribution in [3.05, 3.63) is 20.5 Å². The van der Waals surface area contributed by atoms with Gasteiger partial charge in [0.25, 0.3) is 0 Å². The number of aromatic nitrogens is 2. The molecule has 0 N–H and O–H groups in total. The van der Waals surface area contributed by atoms with E-state index < -0.39 is 0 Å². The number of carbonyl (C=O) groups is 1. The number of esters is 1. The van der Waals surface area contributed by atoms with Crippen LogP contribution in [0.5, 0.6) is 0 Å². The summed E-state index contributed by atoms with van der Waals surface area (Å²) in [6.45, 7) is 2.16. The second-order valence-electron chi connectivity index (χ2n) is 2.95. The van der Waals surface area contributed by atoms with Crippen LogP contribution in [-0.2, 0) is 10.6 Å². The van der Waals surface area contributed by atoms with Crippen LogP contribution in [0, 0.1) is 3.70 Å². The first kappa shape index (κ1) is 12.1. The molecule has 0 bridgehead atoms. The van der Waals surface area contributed by atoms with Crippen molar-refractivity contribution < 1.29 is 9.53 Å². The highest BCUT2D eigenvalue weighted by Crippen LogP contribution is 2.24. The molecule has 2 aromatic heterocycles. The number of alkyl halides is 1. The van der Waals surface area contributed by atoms with Gasteiger partial charge in [-0.2, -0.15) is 0 Å². The van der Waals surface area contributed by atoms with Gasteiger partial charge in [0.15, 0.2) is 4.96 Å². The smallest absolute Gasteiger partial charge is 0.349 e. The number of hydrogen-bond acceptors (Lipinski definition) is 4. The molecule has 0 saturated heterocycles. The van der Waals surface area contributed by atoms with Gasteiger partial charge in [-0.1, -0.05) is 11.3 Å². The summed E-state index contributed by atoms with van der Waals surface area (Å²) in [5.41, 5.74) is 0.837. The van der Waals surface area contributed by atoms with Crippen LogP contribution in [0.15, 0.2) is 6.20 Å². The van der Waals surface area contributed by atoms with Gasteiger partial charge in [0.2, 0.25) is 0 Å². The molecule has 0 radical (unpaired) electrons. The summed E-state index contributed by atoms with van der Waals surface area (Å²) in [5, 5.41) is 0. The standard InChI is InChI=1S/C9H8ClIN2O2S/c1-2-15-8(14)6-4-13-7(11)5(3-10)12-9(13)16-6/h4H,2-3H2,1H3. The lowest BCUT2D eigenvalue weighted by molar-refractivity contribution is 0.0531. The van der Waals surface area contributed by atoms with E-state index in [9.17, 15) is 4.79 Å². The van der Waals surface area contributed by atoms with Crippen LogP contribution in [0.25, 0.3) is 4.96 Å². The molecule has 2 heterocycles. The Hall–Kier alpha value is -0.340. The Morgan fingerprint density at radius 2 is 2.50 bits per heavy atom. The lowest BCUT2D eigenvalue weighted by Gasteiger charge is -1.96. The fraction of sp³-hybridized carbons (Fsp3) is 0.333. The quantitative estimate of drug-likeness (QED) is 0.474. The molecule has 16 heavy (non-hydrogen) atoms. The van der Waals surface area contributed by atoms with Gasteiger partial charge in [-0.05, 0) is 29.5 Å². The van der Waals surface area contributed by atoms with E-state index in [1.54, 1.807) is 13.1 Å². The molecule has 0 aliphatic rings. The molecule has 86 valence electrons. The maximum absolute atomic E-state index is 11.5. The highest BCUT2D eigenvalue weighted by atomic mass is 127. The number of nitrogens with zero attached hydrogens (tertiary/aromatic N) is 2. The third-order valence-electron chi connectivity index (χ3n) is 1.94. The number of imidazole rings is 1. The number of thiazole rings is 1. The third kappa shape index (κ3) is 2.05. The number of halogens is 2. The molecule has 4 nitrogen and oxygen atoms in total. The molecule has 0 amide bonds. The Balaban J connectivity index is 2.42. The average Bonchev–Trinajstić information content (AvgIpc) is 2.79. The van der Waals surface area contributed by atoms with Gasteiger partial charge in [0, 0.05) is 6.20 Å². The minimum Gasteiger partial charge on any atom is -0.462 e. The van der Waals surface area contributed by atoms with E-state index in [4.69, 9.17) is 16.3 Å². The summed E-state index contributed by atoms with van der Waals surface area (Å²) < 4.78 is 7.72. The van der Waals surface area contributed by atoms with Gasteiger partial charge >= 0.3 is 5.97 Å². The Bertz CT molecular complexity index is 537. The summed E-state index contributed by atoms with van der Waals surface area (Å²) in [6, 6.07) is 0. The van der Waals surface area contributed by atoms with Crippen molar-refractivity contribution in [2.24, 2.45) is 0 Å². The van der Waals surface area contributed by atoms with Crippen LogP contribution >= 0.6 is 45.5 Å². The van der Waals surface area contributed by atoms with Crippen LogP contribution in [0.3, 0.4) is 0 Å². The molecule has 7 heteroatoms. The van der Waals surface area contributed by atoms with Gasteiger partial charge in [0.05, 0.1) is 18.2 Å². The summed E-state index contributed by atoms with van der Waals surface area (Å²) >= 11 is 9.22. The van der Waals surface area contributed by atoms with Crippen molar-refractivity contribution in [1.82, 2.24) is 9.38 Å². The van der Waals surface area contributed by atoms with E-state index in [0.29, 0.717) is 17.4 Å². The summed E-state index contributed by atoms with van der Waals surface area (Å²) in [7, 11) is 0. The molecule has 0 aliphatic carbocycles. The predicted molar refractivity (Wildman–Crippen MR) is 71.3 cm³/mol. The first-order chi connectivity index (χ1) is 7.67. The average molecular weight is 371 g/mol. The second kappa shape index (κ2) is 4.89. The molecular weight excluding hydrogens is 363 g/mol. The third-order valence-corrected chi connectivity index (χ3v) is 4.30. The molecule has 0 aromatic carbocycles. The topological polar surface area (TPSA) is 43.6 Å². The zero-order chi connectivity index (χ0) is 11.7. The van der Waals surface area contributed by atoms with Crippen molar-refractivity contribution in [3.63, 3.8) is 0 Å². The van der Waals surface area contributed by atoms with Crippen molar-refractivity contribution in [2.45, 2.75) is 12.8 Å². The van der Waals surface area contributed by atoms with E-state index in [0.717, 1.165) is 14.4 Å². The van der Waals surface area contributed by atoms with Gasteiger partial charge in [-0.3, -0.25) is 4.40 Å². The number of rotatable bonds is 3. The van der Waals surface area contributed by atoms with Crippen LogP contribution in [0.4, 0.5) is 0 Å². The van der Waals surface area contributed by atoms with Gasteiger partial charge in [-0.25, -0.2) is 9.78 Å². The number of carbonyl (C=O) groups excluding carboxylic acids is 1. The van der Waals surface area contributed by atoms with E-state index >= 15 is 0 Å². The maximum atomic E-state index is 11.5. The molecule has 0 saturated carbocycles. The molecule has 2 rings (SSSR count). The molecule has 0 unspecified atom stereocenters. The van der Waals surface area contributed by atoms with Crippen LogP contribution < -0.4 is 0 Å². The van der Waals surface area contributed by atoms with Crippen molar-refractivity contribution in [1.29, 1.82) is 0 Å². The van der Waals surface area contributed by atoms with Gasteiger partial charge in [0.1, 0.15) is 8.58 Å². The molecular formula is C9H8ClIN2O2S. The van der Waals surface area contributed by atoms with Crippen LogP contribution in [0.1, 0.15) is 22.3 Å². The first-order valence-corrected chi connectivity index (χ1v) is 6.99. The molecule has 0 atom stereocenters. The van der Waals surface area contributed by atoms with E-state index in [1.165, 1.54) is 11.3 Å². The lowest BCUT2D eigenvalue weighted by atomic mass is 10.5. The Morgan fingerprint density at radius 3 is 3.06 bits per heavy atom. The van der Waals surface area contributed by atoms with E-state index in [2.05, 4.69) is 27.6 Å². The molecule has 0 aliphatic heterocycles. The maximum Gasteiger partial charge on any atom is 0.349 e. The Labute approximate surface area is 115 Å². The van der Waals surface area contributed by atoms with Gasteiger partial charge < -0.3 is 4.74 Å². The number of hydrogen-bond donors (Lipinski definition) is 0. The molecule has 0 spiro atoms. The second-order valence-corrected chi connectivity index (χ2v) is 5.25. The summed E-state index contributed by atoms with van der Waals surface area (Å²) in [4.78, 5) is 17.2. The highest BCUT2D eigenvalue weighted by molar-refractivity contribution is 14.1. The predicted octanol–water partition coefficient (Wildman–Crippen LogP) is 2.92. The molecule has 2 aromatic rings. The molecule has 0 fully saturated rings. The van der Waals surface area contributed by atoms with Crippen molar-refractivity contribution in [3.8, 4) is 0 Å². The summed E-state index contributed by atoms with van der Waals surface area (Å²) in [5.74, 6) is 0.0720. The highest BCUT2D eigenvalue weighted by Gasteiger charge is 2.16. The zero-order valence-electron chi connectivity index (χ0n) is 8.37. The van der Waals surface area contributed by atoms with Crippen LogP contribution in [0.2, 0.25) is 0 Å². The van der Waals surface area contributed by atoms with Crippen molar-refractivity contribution in [2.75, 3.05) is 6.61 Å². The largest absolute Gasteiger partial charge is 0.462 e. The number of fused-ring (bicyclic) bond motifs is 1. The fourth-order valence-corrected chi connectivity index (χ4v) is 3.40. The van der Waals surface area contributed by atoms with E-state index in [-0.39, 0.29) is 5.97 Å². The zero-order valence-corrected chi connectivity index (χ0v) is 12.1. The fourth-order valence-electron chi connectivity index (χ4n) is 1.25. The minimum absolute atomic E-state index is 0.304. The van der Waals surface area contributed by atoms with Crippen LogP contribution in [-0.4, -0.2) is 22.0 Å². The summed E-state index contributed by atoms with van der Waals surface area (Å²) in [6.07, 6.45) is 1.74. The van der Waals surface area contributed by atoms with Crippen molar-refractivity contribution >= 4 is 56.5 Å². The Kier molecular flexibility index (Phi) is 3.70. The SMILES string of the molecule is CCOC(=O)c1cn2c(I)c(CCl)nc2s1. The first-order valence-electron chi connectivity index (χ1n) is 4.56. The van der Waals surface area contributed by atoms with E-state index in [1.807, 2.05) is 4.40 Å². The lowest BCUT2D eigenvalue weighted by Crippen LogP contribution is -2.02. The monoisotopic (exact) mass is 370 g/mol.